The van der Waals surface area contributed by atoms with Crippen LogP contribution >= 0.6 is 0 Å². The molecule has 5 amide bonds. The van der Waals surface area contributed by atoms with E-state index in [9.17, 15) is 19.2 Å². The maximum atomic E-state index is 12.9. The molecular weight excluding hydrogens is 454 g/mol. The zero-order valence-electron chi connectivity index (χ0n) is 18.6. The molecule has 35 heavy (non-hydrogen) atoms. The van der Waals surface area contributed by atoms with Crippen LogP contribution < -0.4 is 20.1 Å². The van der Waals surface area contributed by atoms with Crippen molar-refractivity contribution in [2.45, 2.75) is 6.54 Å². The Labute approximate surface area is 200 Å². The minimum absolute atomic E-state index is 0.122. The van der Waals surface area contributed by atoms with Crippen LogP contribution in [0.25, 0.3) is 6.08 Å². The molecule has 2 aromatic carbocycles. The van der Waals surface area contributed by atoms with Gasteiger partial charge in [-0.2, -0.15) is 0 Å². The van der Waals surface area contributed by atoms with Gasteiger partial charge >= 0.3 is 6.03 Å². The highest BCUT2D eigenvalue weighted by Crippen LogP contribution is 2.29. The van der Waals surface area contributed by atoms with Gasteiger partial charge in [0.25, 0.3) is 17.7 Å². The van der Waals surface area contributed by atoms with Gasteiger partial charge in [-0.05, 0) is 48.0 Å². The highest BCUT2D eigenvalue weighted by Gasteiger charge is 2.36. The van der Waals surface area contributed by atoms with E-state index >= 15 is 0 Å². The number of ether oxygens (including phenoxy) is 2. The quantitative estimate of drug-likeness (QED) is 0.379. The molecule has 0 bridgehead atoms. The van der Waals surface area contributed by atoms with Crippen LogP contribution in [0.4, 0.5) is 10.5 Å². The number of nitrogens with zero attached hydrogens (tertiary/aromatic N) is 1. The van der Waals surface area contributed by atoms with Crippen LogP contribution in [-0.4, -0.2) is 42.4 Å². The fourth-order valence-electron chi connectivity index (χ4n) is 3.32. The number of rotatable bonds is 8. The molecule has 0 spiro atoms. The molecule has 10 heteroatoms. The summed E-state index contributed by atoms with van der Waals surface area (Å²) in [6.45, 7) is -0.375. The first kappa shape index (κ1) is 23.3. The summed E-state index contributed by atoms with van der Waals surface area (Å²) >= 11 is 0. The topological polar surface area (TPSA) is 127 Å². The smallest absolute Gasteiger partial charge is 0.331 e. The zero-order valence-corrected chi connectivity index (χ0v) is 18.6. The van der Waals surface area contributed by atoms with Crippen molar-refractivity contribution in [2.24, 2.45) is 0 Å². The van der Waals surface area contributed by atoms with Gasteiger partial charge in [-0.15, -0.1) is 0 Å². The van der Waals surface area contributed by atoms with Gasteiger partial charge in [-0.3, -0.25) is 24.6 Å². The van der Waals surface area contributed by atoms with Gasteiger partial charge < -0.3 is 19.2 Å². The molecule has 1 aromatic heterocycles. The summed E-state index contributed by atoms with van der Waals surface area (Å²) in [5.74, 6) is -0.942. The number of barbiturate groups is 1. The Morgan fingerprint density at radius 2 is 1.86 bits per heavy atom. The first-order valence-electron chi connectivity index (χ1n) is 10.5. The second-order valence-corrected chi connectivity index (χ2v) is 7.40. The average Bonchev–Trinajstić information content (AvgIpc) is 3.37. The van der Waals surface area contributed by atoms with E-state index in [0.29, 0.717) is 28.5 Å². The molecule has 178 valence electrons. The number of benzene rings is 2. The second kappa shape index (κ2) is 10.4. The standard InChI is InChI=1S/C25H21N3O7/c1-33-21-13-16(9-10-20(21)35-15-22(29)26-17-6-3-2-4-7-17)12-19-23(30)27-25(32)28(24(19)31)14-18-8-5-11-34-18/h2-13H,14-15H2,1H3,(H,26,29)(H,27,30,32)/b19-12+. The van der Waals surface area contributed by atoms with Crippen LogP contribution in [0.3, 0.4) is 0 Å². The fraction of sp³-hybridized carbons (Fsp3) is 0.120. The zero-order chi connectivity index (χ0) is 24.8. The highest BCUT2D eigenvalue weighted by molar-refractivity contribution is 6.30. The first-order valence-corrected chi connectivity index (χ1v) is 10.5. The predicted molar refractivity (Wildman–Crippen MR) is 124 cm³/mol. The highest BCUT2D eigenvalue weighted by atomic mass is 16.5. The number of para-hydroxylation sites is 1. The molecule has 1 aliphatic rings. The van der Waals surface area contributed by atoms with E-state index in [2.05, 4.69) is 10.6 Å². The van der Waals surface area contributed by atoms with Crippen LogP contribution in [0.5, 0.6) is 11.5 Å². The molecule has 2 heterocycles. The molecule has 0 saturated carbocycles. The maximum Gasteiger partial charge on any atom is 0.331 e. The van der Waals surface area contributed by atoms with E-state index in [0.717, 1.165) is 4.90 Å². The number of methoxy groups -OCH3 is 1. The van der Waals surface area contributed by atoms with Gasteiger partial charge in [0, 0.05) is 5.69 Å². The summed E-state index contributed by atoms with van der Waals surface area (Å²) in [4.78, 5) is 50.4. The maximum absolute atomic E-state index is 12.9. The second-order valence-electron chi connectivity index (χ2n) is 7.40. The van der Waals surface area contributed by atoms with Gasteiger partial charge in [-0.1, -0.05) is 24.3 Å². The van der Waals surface area contributed by atoms with Crippen molar-refractivity contribution in [1.82, 2.24) is 10.2 Å². The molecule has 0 atom stereocenters. The van der Waals surface area contributed by atoms with Crippen molar-refractivity contribution >= 4 is 35.5 Å². The minimum atomic E-state index is -0.830. The molecular formula is C25H21N3O7. The molecule has 1 fully saturated rings. The van der Waals surface area contributed by atoms with Crippen LogP contribution in [0.1, 0.15) is 11.3 Å². The van der Waals surface area contributed by atoms with Crippen molar-refractivity contribution in [2.75, 3.05) is 19.0 Å². The van der Waals surface area contributed by atoms with E-state index in [-0.39, 0.29) is 24.6 Å². The number of urea groups is 1. The summed E-state index contributed by atoms with van der Waals surface area (Å²) in [7, 11) is 1.42. The van der Waals surface area contributed by atoms with Crippen molar-refractivity contribution in [3.63, 3.8) is 0 Å². The number of furan rings is 1. The number of hydrogen-bond acceptors (Lipinski definition) is 7. The molecule has 2 N–H and O–H groups in total. The molecule has 0 radical (unpaired) electrons. The minimum Gasteiger partial charge on any atom is -0.493 e. The van der Waals surface area contributed by atoms with E-state index in [1.807, 2.05) is 6.07 Å². The van der Waals surface area contributed by atoms with Crippen LogP contribution in [0.2, 0.25) is 0 Å². The largest absolute Gasteiger partial charge is 0.493 e. The Hall–Kier alpha value is -4.86. The number of nitrogens with one attached hydrogen (secondary N) is 2. The number of imide groups is 2. The van der Waals surface area contributed by atoms with Crippen LogP contribution in [0, 0.1) is 0 Å². The number of amides is 5. The number of hydrogen-bond donors (Lipinski definition) is 2. The Morgan fingerprint density at radius 3 is 2.57 bits per heavy atom. The summed E-state index contributed by atoms with van der Waals surface area (Å²) < 4.78 is 16.1. The van der Waals surface area contributed by atoms with Crippen molar-refractivity contribution in [3.05, 3.63) is 83.8 Å². The first-order chi connectivity index (χ1) is 16.9. The molecule has 4 rings (SSSR count). The van der Waals surface area contributed by atoms with Crippen molar-refractivity contribution in [1.29, 1.82) is 0 Å². The lowest BCUT2D eigenvalue weighted by Gasteiger charge is -2.25. The molecule has 10 nitrogen and oxygen atoms in total. The van der Waals surface area contributed by atoms with Crippen LogP contribution in [-0.2, 0) is 20.9 Å². The lowest BCUT2D eigenvalue weighted by molar-refractivity contribution is -0.130. The van der Waals surface area contributed by atoms with E-state index < -0.39 is 17.8 Å². The Bertz CT molecular complexity index is 1280. The Morgan fingerprint density at radius 1 is 1.06 bits per heavy atom. The molecule has 0 aliphatic carbocycles. The fourth-order valence-corrected chi connectivity index (χ4v) is 3.32. The van der Waals surface area contributed by atoms with Crippen LogP contribution in [0.15, 0.2) is 76.9 Å². The van der Waals surface area contributed by atoms with E-state index in [1.54, 1.807) is 54.6 Å². The SMILES string of the molecule is COc1cc(/C=C2\C(=O)NC(=O)N(Cc3ccco3)C2=O)ccc1OCC(=O)Nc1ccccc1. The molecule has 1 saturated heterocycles. The Kier molecular flexibility index (Phi) is 6.91. The average molecular weight is 475 g/mol. The summed E-state index contributed by atoms with van der Waals surface area (Å²) in [5.41, 5.74) is 0.868. The molecule has 0 unspecified atom stereocenters. The number of carbonyl (C=O) groups excluding carboxylic acids is 4. The van der Waals surface area contributed by atoms with Crippen molar-refractivity contribution < 1.29 is 33.1 Å². The third-order valence-electron chi connectivity index (χ3n) is 4.99. The van der Waals surface area contributed by atoms with Crippen molar-refractivity contribution in [3.8, 4) is 11.5 Å². The monoisotopic (exact) mass is 475 g/mol. The summed E-state index contributed by atoms with van der Waals surface area (Å²) in [5, 5.41) is 4.87. The Balaban J connectivity index is 1.47. The van der Waals surface area contributed by atoms with E-state index in [1.165, 1.54) is 19.4 Å². The normalized spacial score (nSPS) is 14.6. The van der Waals surface area contributed by atoms with Gasteiger partial charge in [0.2, 0.25) is 0 Å². The van der Waals surface area contributed by atoms with Gasteiger partial charge in [0.05, 0.1) is 19.9 Å². The predicted octanol–water partition coefficient (Wildman–Crippen LogP) is 2.97. The summed E-state index contributed by atoms with van der Waals surface area (Å²) in [6.07, 6.45) is 2.76. The van der Waals surface area contributed by atoms with Gasteiger partial charge in [-0.25, -0.2) is 4.79 Å². The molecule has 3 aromatic rings. The molecule has 1 aliphatic heterocycles. The number of anilines is 1. The van der Waals surface area contributed by atoms with Gasteiger partial charge in [0.1, 0.15) is 11.3 Å². The van der Waals surface area contributed by atoms with Gasteiger partial charge in [0.15, 0.2) is 18.1 Å². The van der Waals surface area contributed by atoms with E-state index in [4.69, 9.17) is 13.9 Å². The summed E-state index contributed by atoms with van der Waals surface area (Å²) in [6, 6.07) is 16.1. The number of carbonyl (C=O) groups is 4. The third-order valence-corrected chi connectivity index (χ3v) is 4.99. The lowest BCUT2D eigenvalue weighted by Crippen LogP contribution is -2.53. The third kappa shape index (κ3) is 5.56. The lowest BCUT2D eigenvalue weighted by atomic mass is 10.1.